The molecule has 0 unspecified atom stereocenters. The molecule has 0 atom stereocenters. The Morgan fingerprint density at radius 3 is 2.54 bits per heavy atom. The van der Waals surface area contributed by atoms with Crippen LogP contribution in [0.2, 0.25) is 0 Å². The lowest BCUT2D eigenvalue weighted by molar-refractivity contribution is 0.0974. The van der Waals surface area contributed by atoms with E-state index < -0.39 is 10.0 Å². The molecule has 3 aromatic rings. The molecule has 146 valence electrons. The first-order valence-corrected chi connectivity index (χ1v) is 11.2. The first kappa shape index (κ1) is 18.7. The second kappa shape index (κ2) is 7.09. The Balaban J connectivity index is 1.84. The number of aromatic nitrogens is 1. The summed E-state index contributed by atoms with van der Waals surface area (Å²) in [6.07, 6.45) is 3.51. The fourth-order valence-corrected chi connectivity index (χ4v) is 5.45. The van der Waals surface area contributed by atoms with Crippen LogP contribution in [0.5, 0.6) is 0 Å². The second-order valence-electron chi connectivity index (χ2n) is 7.23. The Morgan fingerprint density at radius 1 is 1.04 bits per heavy atom. The van der Waals surface area contributed by atoms with Gasteiger partial charge in [0.15, 0.2) is 5.78 Å². The standard InChI is InChI=1S/C22H24N2O3S/c1-3-14-8-5-6-9-17(14)24-28(26,27)21-13-19-16(12-15(21)4-2)22-18(23-19)10-7-11-20(22)25/h5-6,8-9,12-13,23-24H,3-4,7,10-11H2,1-2H3. The Labute approximate surface area is 165 Å². The first-order valence-electron chi connectivity index (χ1n) is 9.76. The minimum Gasteiger partial charge on any atom is -0.358 e. The molecule has 28 heavy (non-hydrogen) atoms. The number of ketones is 1. The van der Waals surface area contributed by atoms with E-state index in [-0.39, 0.29) is 10.7 Å². The molecular formula is C22H24N2O3S. The average Bonchev–Trinajstić information content (AvgIpc) is 3.06. The number of H-pyrrole nitrogens is 1. The van der Waals surface area contributed by atoms with Gasteiger partial charge in [-0.05, 0) is 55.0 Å². The first-order chi connectivity index (χ1) is 13.4. The predicted octanol–water partition coefficient (Wildman–Crippen LogP) is 4.61. The van der Waals surface area contributed by atoms with E-state index in [9.17, 15) is 13.2 Å². The number of fused-ring (bicyclic) bond motifs is 3. The van der Waals surface area contributed by atoms with Crippen molar-refractivity contribution in [1.82, 2.24) is 4.98 Å². The van der Waals surface area contributed by atoms with E-state index in [0.29, 0.717) is 29.6 Å². The monoisotopic (exact) mass is 396 g/mol. The Bertz CT molecular complexity index is 1180. The van der Waals surface area contributed by atoms with E-state index >= 15 is 0 Å². The van der Waals surface area contributed by atoms with Crippen molar-refractivity contribution in [1.29, 1.82) is 0 Å². The largest absolute Gasteiger partial charge is 0.358 e. The summed E-state index contributed by atoms with van der Waals surface area (Å²) in [5, 5.41) is 0.837. The van der Waals surface area contributed by atoms with Gasteiger partial charge in [-0.25, -0.2) is 8.42 Å². The Kier molecular flexibility index (Phi) is 4.75. The Hall–Kier alpha value is -2.60. The number of hydrogen-bond acceptors (Lipinski definition) is 3. The normalized spacial score (nSPS) is 14.3. The van der Waals surface area contributed by atoms with Gasteiger partial charge in [0.25, 0.3) is 10.0 Å². The third-order valence-electron chi connectivity index (χ3n) is 5.48. The lowest BCUT2D eigenvalue weighted by Gasteiger charge is -2.14. The van der Waals surface area contributed by atoms with Gasteiger partial charge < -0.3 is 4.98 Å². The molecule has 1 aliphatic rings. The van der Waals surface area contributed by atoms with Crippen molar-refractivity contribution in [2.45, 2.75) is 50.8 Å². The smallest absolute Gasteiger partial charge is 0.262 e. The molecule has 2 aromatic carbocycles. The van der Waals surface area contributed by atoms with Crippen molar-refractivity contribution < 1.29 is 13.2 Å². The molecule has 0 saturated carbocycles. The van der Waals surface area contributed by atoms with E-state index in [4.69, 9.17) is 0 Å². The molecule has 4 rings (SSSR count). The molecule has 5 nitrogen and oxygen atoms in total. The van der Waals surface area contributed by atoms with Crippen LogP contribution in [0.15, 0.2) is 41.3 Å². The number of anilines is 1. The molecule has 0 spiro atoms. The second-order valence-corrected chi connectivity index (χ2v) is 8.88. The number of hydrogen-bond donors (Lipinski definition) is 2. The van der Waals surface area contributed by atoms with Crippen molar-refractivity contribution in [2.75, 3.05) is 4.72 Å². The number of para-hydroxylation sites is 1. The van der Waals surface area contributed by atoms with E-state index in [2.05, 4.69) is 9.71 Å². The van der Waals surface area contributed by atoms with Crippen molar-refractivity contribution in [3.05, 3.63) is 58.8 Å². The summed E-state index contributed by atoms with van der Waals surface area (Å²) in [6.45, 7) is 3.93. The van der Waals surface area contributed by atoms with Crippen LogP contribution in [-0.4, -0.2) is 19.2 Å². The summed E-state index contributed by atoms with van der Waals surface area (Å²) < 4.78 is 29.2. The molecule has 6 heteroatoms. The minimum absolute atomic E-state index is 0.139. The fourth-order valence-electron chi connectivity index (χ4n) is 4.03. The van der Waals surface area contributed by atoms with E-state index in [1.165, 1.54) is 0 Å². The quantitative estimate of drug-likeness (QED) is 0.661. The van der Waals surface area contributed by atoms with Crippen LogP contribution in [0.4, 0.5) is 5.69 Å². The molecule has 0 fully saturated rings. The van der Waals surface area contributed by atoms with E-state index in [0.717, 1.165) is 41.5 Å². The third kappa shape index (κ3) is 3.11. The number of carbonyl (C=O) groups excluding carboxylic acids is 1. The number of carbonyl (C=O) groups is 1. The number of benzene rings is 2. The molecule has 0 aliphatic heterocycles. The lowest BCUT2D eigenvalue weighted by Crippen LogP contribution is -2.16. The third-order valence-corrected chi connectivity index (χ3v) is 6.93. The fraction of sp³-hybridized carbons (Fsp3) is 0.318. The van der Waals surface area contributed by atoms with E-state index in [1.54, 1.807) is 12.1 Å². The maximum Gasteiger partial charge on any atom is 0.262 e. The lowest BCUT2D eigenvalue weighted by atomic mass is 9.94. The summed E-state index contributed by atoms with van der Waals surface area (Å²) >= 11 is 0. The highest BCUT2D eigenvalue weighted by Crippen LogP contribution is 2.33. The van der Waals surface area contributed by atoms with Gasteiger partial charge in [0.1, 0.15) is 0 Å². The molecule has 0 radical (unpaired) electrons. The van der Waals surface area contributed by atoms with Crippen molar-refractivity contribution in [3.63, 3.8) is 0 Å². The Morgan fingerprint density at radius 2 is 1.79 bits per heavy atom. The number of rotatable bonds is 5. The highest BCUT2D eigenvalue weighted by molar-refractivity contribution is 7.92. The maximum absolute atomic E-state index is 13.2. The number of aromatic amines is 1. The van der Waals surface area contributed by atoms with Gasteiger partial charge in [-0.1, -0.05) is 32.0 Å². The molecule has 1 heterocycles. The highest BCUT2D eigenvalue weighted by atomic mass is 32.2. The van der Waals surface area contributed by atoms with Crippen LogP contribution >= 0.6 is 0 Å². The van der Waals surface area contributed by atoms with Gasteiger partial charge in [0, 0.05) is 28.6 Å². The molecule has 2 N–H and O–H groups in total. The van der Waals surface area contributed by atoms with Crippen LogP contribution in [0.1, 0.15) is 53.9 Å². The van der Waals surface area contributed by atoms with Gasteiger partial charge in [0.2, 0.25) is 0 Å². The molecule has 1 aromatic heterocycles. The summed E-state index contributed by atoms with van der Waals surface area (Å²) in [6, 6.07) is 11.0. The summed E-state index contributed by atoms with van der Waals surface area (Å²) in [5.74, 6) is 0.139. The number of Topliss-reactive ketones (excluding diaryl/α,β-unsaturated/α-hetero) is 1. The molecule has 1 aliphatic carbocycles. The maximum atomic E-state index is 13.2. The molecule has 0 saturated heterocycles. The minimum atomic E-state index is -3.75. The van der Waals surface area contributed by atoms with Crippen molar-refractivity contribution in [2.24, 2.45) is 0 Å². The summed E-state index contributed by atoms with van der Waals surface area (Å²) in [4.78, 5) is 16.0. The van der Waals surface area contributed by atoms with Crippen molar-refractivity contribution in [3.8, 4) is 0 Å². The van der Waals surface area contributed by atoms with Gasteiger partial charge in [-0.3, -0.25) is 9.52 Å². The zero-order chi connectivity index (χ0) is 19.9. The van der Waals surface area contributed by atoms with Crippen molar-refractivity contribution >= 4 is 32.4 Å². The SMILES string of the molecule is CCc1ccccc1NS(=O)(=O)c1cc2[nH]c3c(c2cc1CC)C(=O)CCC3. The zero-order valence-electron chi connectivity index (χ0n) is 16.1. The summed E-state index contributed by atoms with van der Waals surface area (Å²) in [5.41, 5.74) is 4.64. The topological polar surface area (TPSA) is 79.0 Å². The highest BCUT2D eigenvalue weighted by Gasteiger charge is 2.26. The van der Waals surface area contributed by atoms with Crippen LogP contribution in [0.3, 0.4) is 0 Å². The molecular weight excluding hydrogens is 372 g/mol. The van der Waals surface area contributed by atoms with Gasteiger partial charge in [-0.2, -0.15) is 0 Å². The summed E-state index contributed by atoms with van der Waals surface area (Å²) in [7, 11) is -3.75. The van der Waals surface area contributed by atoms with Crippen LogP contribution < -0.4 is 4.72 Å². The van der Waals surface area contributed by atoms with Gasteiger partial charge in [-0.15, -0.1) is 0 Å². The van der Waals surface area contributed by atoms with Gasteiger partial charge >= 0.3 is 0 Å². The zero-order valence-corrected chi connectivity index (χ0v) is 16.9. The van der Waals surface area contributed by atoms with Crippen LogP contribution in [0.25, 0.3) is 10.9 Å². The number of aryl methyl sites for hydroxylation is 3. The number of nitrogens with one attached hydrogen (secondary N) is 2. The van der Waals surface area contributed by atoms with E-state index in [1.807, 2.05) is 38.1 Å². The molecule has 0 bridgehead atoms. The van der Waals surface area contributed by atoms with Crippen LogP contribution in [-0.2, 0) is 29.3 Å². The molecule has 0 amide bonds. The van der Waals surface area contributed by atoms with Crippen LogP contribution in [0, 0.1) is 0 Å². The van der Waals surface area contributed by atoms with Gasteiger partial charge in [0.05, 0.1) is 10.6 Å². The predicted molar refractivity (Wildman–Crippen MR) is 112 cm³/mol. The average molecular weight is 397 g/mol. The number of sulfonamides is 1.